The van der Waals surface area contributed by atoms with Crippen molar-refractivity contribution >= 4 is 45.2 Å². The minimum Gasteiger partial charge on any atom is -0.313 e. The van der Waals surface area contributed by atoms with Gasteiger partial charge in [-0.25, -0.2) is 0 Å². The highest BCUT2D eigenvalue weighted by atomic mass is 127. The molecule has 0 fully saturated rings. The summed E-state index contributed by atoms with van der Waals surface area (Å²) in [4.78, 5) is 0. The summed E-state index contributed by atoms with van der Waals surface area (Å²) in [6, 6.07) is 8.69. The minimum atomic E-state index is 0.998. The molecule has 78 valence electrons. The first-order valence-electron chi connectivity index (χ1n) is 4.84. The molecule has 14 heavy (non-hydrogen) atoms. The molecular weight excluding hydrogens is 400 g/mol. The smallest absolute Gasteiger partial charge is 0.0205 e. The molecule has 3 heteroatoms. The normalized spacial score (nSPS) is 10.4. The number of nitrogens with one attached hydrogen (secondary N) is 1. The van der Waals surface area contributed by atoms with Crippen LogP contribution in [0.1, 0.15) is 18.4 Å². The second kappa shape index (κ2) is 7.87. The van der Waals surface area contributed by atoms with Crippen LogP contribution >= 0.6 is 45.2 Å². The number of hydrogen-bond donors (Lipinski definition) is 1. The van der Waals surface area contributed by atoms with Gasteiger partial charge in [-0.15, -0.1) is 0 Å². The zero-order valence-electron chi connectivity index (χ0n) is 8.10. The Morgan fingerprint density at radius 2 is 1.79 bits per heavy atom. The predicted octanol–water partition coefficient (Wildman–Crippen LogP) is 3.60. The van der Waals surface area contributed by atoms with E-state index >= 15 is 0 Å². The van der Waals surface area contributed by atoms with Crippen LogP contribution in [0.3, 0.4) is 0 Å². The summed E-state index contributed by atoms with van der Waals surface area (Å²) in [7, 11) is 0. The standard InChI is InChI=1S/C11H15I2N/c12-7-1-2-8-14-9-10-3-5-11(13)6-4-10/h3-6,14H,1-2,7-9H2. The van der Waals surface area contributed by atoms with Crippen LogP contribution < -0.4 is 5.32 Å². The first-order chi connectivity index (χ1) is 6.83. The van der Waals surface area contributed by atoms with Gasteiger partial charge in [-0.1, -0.05) is 34.7 Å². The summed E-state index contributed by atoms with van der Waals surface area (Å²) in [6.45, 7) is 2.13. The molecule has 0 atom stereocenters. The molecule has 0 spiro atoms. The highest BCUT2D eigenvalue weighted by Gasteiger charge is 1.92. The van der Waals surface area contributed by atoms with Crippen molar-refractivity contribution in [2.75, 3.05) is 11.0 Å². The highest BCUT2D eigenvalue weighted by molar-refractivity contribution is 14.1. The van der Waals surface area contributed by atoms with E-state index in [1.165, 1.54) is 26.4 Å². The van der Waals surface area contributed by atoms with Gasteiger partial charge in [-0.2, -0.15) is 0 Å². The first-order valence-corrected chi connectivity index (χ1v) is 7.44. The number of hydrogen-bond acceptors (Lipinski definition) is 1. The van der Waals surface area contributed by atoms with Gasteiger partial charge in [0, 0.05) is 10.1 Å². The lowest BCUT2D eigenvalue weighted by atomic mass is 10.2. The van der Waals surface area contributed by atoms with Crippen molar-refractivity contribution in [1.82, 2.24) is 5.32 Å². The Bertz CT molecular complexity index is 246. The quantitative estimate of drug-likeness (QED) is 0.426. The van der Waals surface area contributed by atoms with Gasteiger partial charge in [0.05, 0.1) is 0 Å². The lowest BCUT2D eigenvalue weighted by Crippen LogP contribution is -2.14. The predicted molar refractivity (Wildman–Crippen MR) is 79.0 cm³/mol. The lowest BCUT2D eigenvalue weighted by molar-refractivity contribution is 0.645. The minimum absolute atomic E-state index is 0.998. The van der Waals surface area contributed by atoms with Crippen LogP contribution in [-0.4, -0.2) is 11.0 Å². The number of alkyl halides is 1. The summed E-state index contributed by atoms with van der Waals surface area (Å²) in [6.07, 6.45) is 2.60. The Morgan fingerprint density at radius 1 is 1.07 bits per heavy atom. The van der Waals surface area contributed by atoms with E-state index < -0.39 is 0 Å². The summed E-state index contributed by atoms with van der Waals surface area (Å²) in [5.41, 5.74) is 1.37. The molecule has 0 bridgehead atoms. The van der Waals surface area contributed by atoms with E-state index in [2.05, 4.69) is 74.8 Å². The van der Waals surface area contributed by atoms with Crippen molar-refractivity contribution in [3.05, 3.63) is 33.4 Å². The van der Waals surface area contributed by atoms with Crippen LogP contribution in [0, 0.1) is 3.57 Å². The second-order valence-corrected chi connectivity index (χ2v) is 5.52. The van der Waals surface area contributed by atoms with Crippen molar-refractivity contribution in [3.63, 3.8) is 0 Å². The van der Waals surface area contributed by atoms with Gasteiger partial charge in [-0.3, -0.25) is 0 Å². The Morgan fingerprint density at radius 3 is 2.43 bits per heavy atom. The largest absolute Gasteiger partial charge is 0.313 e. The number of halogens is 2. The van der Waals surface area contributed by atoms with Crippen LogP contribution in [0.5, 0.6) is 0 Å². The molecule has 0 aliphatic carbocycles. The average Bonchev–Trinajstić information content (AvgIpc) is 2.21. The maximum atomic E-state index is 3.45. The van der Waals surface area contributed by atoms with E-state index in [0.29, 0.717) is 0 Å². The molecule has 0 saturated carbocycles. The second-order valence-electron chi connectivity index (χ2n) is 3.20. The monoisotopic (exact) mass is 415 g/mol. The molecule has 1 aromatic rings. The van der Waals surface area contributed by atoms with Gasteiger partial charge in [-0.05, 0) is 64.1 Å². The van der Waals surface area contributed by atoms with E-state index in [9.17, 15) is 0 Å². The Hall–Kier alpha value is 0.640. The molecule has 0 saturated heterocycles. The molecular formula is C11H15I2N. The van der Waals surface area contributed by atoms with Crippen molar-refractivity contribution in [1.29, 1.82) is 0 Å². The Labute approximate surface area is 113 Å². The molecule has 0 aliphatic rings. The summed E-state index contributed by atoms with van der Waals surface area (Å²) in [5.74, 6) is 0. The highest BCUT2D eigenvalue weighted by Crippen LogP contribution is 2.06. The third-order valence-electron chi connectivity index (χ3n) is 1.98. The molecule has 1 aromatic carbocycles. The van der Waals surface area contributed by atoms with Crippen molar-refractivity contribution < 1.29 is 0 Å². The maximum Gasteiger partial charge on any atom is 0.0205 e. The average molecular weight is 415 g/mol. The fourth-order valence-electron chi connectivity index (χ4n) is 1.18. The molecule has 1 nitrogen and oxygen atoms in total. The van der Waals surface area contributed by atoms with Crippen molar-refractivity contribution in [2.45, 2.75) is 19.4 Å². The Kier molecular flexibility index (Phi) is 7.14. The summed E-state index contributed by atoms with van der Waals surface area (Å²) >= 11 is 4.76. The van der Waals surface area contributed by atoms with Crippen molar-refractivity contribution in [2.24, 2.45) is 0 Å². The van der Waals surface area contributed by atoms with Gasteiger partial charge < -0.3 is 5.32 Å². The molecule has 0 radical (unpaired) electrons. The zero-order valence-corrected chi connectivity index (χ0v) is 12.4. The van der Waals surface area contributed by atoms with Crippen LogP contribution in [-0.2, 0) is 6.54 Å². The molecule has 0 amide bonds. The molecule has 0 aliphatic heterocycles. The SMILES string of the molecule is ICCCCNCc1ccc(I)cc1. The first kappa shape index (κ1) is 12.7. The van der Waals surface area contributed by atoms with Crippen molar-refractivity contribution in [3.8, 4) is 0 Å². The van der Waals surface area contributed by atoms with Gasteiger partial charge in [0.1, 0.15) is 0 Å². The topological polar surface area (TPSA) is 12.0 Å². The molecule has 0 unspecified atom stereocenters. The maximum absolute atomic E-state index is 3.45. The van der Waals surface area contributed by atoms with Crippen LogP contribution in [0.25, 0.3) is 0 Å². The number of rotatable bonds is 6. The van der Waals surface area contributed by atoms with Crippen LogP contribution in [0.2, 0.25) is 0 Å². The number of unbranched alkanes of at least 4 members (excludes halogenated alkanes) is 1. The summed E-state index contributed by atoms with van der Waals surface area (Å²) < 4.78 is 2.57. The van der Waals surface area contributed by atoms with E-state index in [0.717, 1.165) is 13.1 Å². The third-order valence-corrected chi connectivity index (χ3v) is 3.46. The molecule has 1 N–H and O–H groups in total. The van der Waals surface area contributed by atoms with Crippen LogP contribution in [0.4, 0.5) is 0 Å². The van der Waals surface area contributed by atoms with E-state index in [1.54, 1.807) is 0 Å². The third kappa shape index (κ3) is 5.50. The van der Waals surface area contributed by atoms with E-state index in [4.69, 9.17) is 0 Å². The van der Waals surface area contributed by atoms with Gasteiger partial charge >= 0.3 is 0 Å². The molecule has 0 heterocycles. The van der Waals surface area contributed by atoms with Gasteiger partial charge in [0.25, 0.3) is 0 Å². The summed E-state index contributed by atoms with van der Waals surface area (Å²) in [5, 5.41) is 3.45. The molecule has 1 rings (SSSR count). The Balaban J connectivity index is 2.15. The fraction of sp³-hybridized carbons (Fsp3) is 0.455. The zero-order chi connectivity index (χ0) is 10.2. The van der Waals surface area contributed by atoms with E-state index in [-0.39, 0.29) is 0 Å². The molecule has 0 aromatic heterocycles. The fourth-order valence-corrected chi connectivity index (χ4v) is 2.08. The lowest BCUT2D eigenvalue weighted by Gasteiger charge is -2.04. The number of benzene rings is 1. The van der Waals surface area contributed by atoms with Gasteiger partial charge in [0.2, 0.25) is 0 Å². The van der Waals surface area contributed by atoms with E-state index in [1.807, 2.05) is 0 Å². The van der Waals surface area contributed by atoms with Crippen LogP contribution in [0.15, 0.2) is 24.3 Å². The van der Waals surface area contributed by atoms with Gasteiger partial charge in [0.15, 0.2) is 0 Å².